The van der Waals surface area contributed by atoms with Crippen molar-refractivity contribution >= 4 is 22.8 Å². The van der Waals surface area contributed by atoms with Gasteiger partial charge in [0, 0.05) is 23.7 Å². The van der Waals surface area contributed by atoms with E-state index in [4.69, 9.17) is 0 Å². The SMILES string of the molecule is CCC(C(=O)O)[C@H]1CC[C@H](NC(=O)c2cnc3cc(OC(F)F)c(F)cc3c2)CC1. The number of pyridine rings is 1. The summed E-state index contributed by atoms with van der Waals surface area (Å²) in [6.07, 6.45) is 4.70. The second kappa shape index (κ2) is 9.32. The van der Waals surface area contributed by atoms with Gasteiger partial charge in [0.05, 0.1) is 17.0 Å². The molecule has 3 rings (SSSR count). The molecular formula is C21H23F3N2O4. The Kier molecular flexibility index (Phi) is 6.79. The number of carbonyl (C=O) groups is 2. The van der Waals surface area contributed by atoms with E-state index in [2.05, 4.69) is 15.0 Å². The largest absolute Gasteiger partial charge is 0.481 e. The molecular weight excluding hydrogens is 401 g/mol. The Morgan fingerprint density at radius 1 is 1.23 bits per heavy atom. The molecule has 0 bridgehead atoms. The van der Waals surface area contributed by atoms with E-state index in [1.54, 1.807) is 0 Å². The fraction of sp³-hybridized carbons (Fsp3) is 0.476. The zero-order chi connectivity index (χ0) is 21.8. The van der Waals surface area contributed by atoms with Crippen molar-refractivity contribution in [1.82, 2.24) is 10.3 Å². The summed E-state index contributed by atoms with van der Waals surface area (Å²) in [6.45, 7) is -1.29. The van der Waals surface area contributed by atoms with Crippen molar-refractivity contribution < 1.29 is 32.6 Å². The summed E-state index contributed by atoms with van der Waals surface area (Å²) in [7, 11) is 0. The average Bonchev–Trinajstić information content (AvgIpc) is 2.69. The van der Waals surface area contributed by atoms with Gasteiger partial charge in [-0.3, -0.25) is 14.6 Å². The number of alkyl halides is 2. The van der Waals surface area contributed by atoms with E-state index in [-0.39, 0.29) is 40.3 Å². The third kappa shape index (κ3) is 5.01. The molecule has 0 radical (unpaired) electrons. The fourth-order valence-corrected chi connectivity index (χ4v) is 4.08. The molecule has 0 saturated heterocycles. The lowest BCUT2D eigenvalue weighted by atomic mass is 9.77. The van der Waals surface area contributed by atoms with Crippen LogP contribution in [-0.2, 0) is 4.79 Å². The second-order valence-electron chi connectivity index (χ2n) is 7.52. The lowest BCUT2D eigenvalue weighted by Gasteiger charge is -2.32. The number of nitrogens with one attached hydrogen (secondary N) is 1. The van der Waals surface area contributed by atoms with Gasteiger partial charge < -0.3 is 15.2 Å². The predicted octanol–water partition coefficient (Wildman–Crippen LogP) is 4.37. The number of aromatic nitrogens is 1. The Balaban J connectivity index is 1.65. The number of halogens is 3. The molecule has 0 aliphatic heterocycles. The number of hydrogen-bond acceptors (Lipinski definition) is 4. The Morgan fingerprint density at radius 2 is 1.93 bits per heavy atom. The van der Waals surface area contributed by atoms with E-state index in [1.807, 2.05) is 6.92 Å². The fourth-order valence-electron chi connectivity index (χ4n) is 4.08. The highest BCUT2D eigenvalue weighted by atomic mass is 19.3. The van der Waals surface area contributed by atoms with Gasteiger partial charge in [0.2, 0.25) is 0 Å². The number of carboxylic acids is 1. The molecule has 1 fully saturated rings. The zero-order valence-electron chi connectivity index (χ0n) is 16.4. The van der Waals surface area contributed by atoms with Gasteiger partial charge in [-0.25, -0.2) is 4.39 Å². The first kappa shape index (κ1) is 21.9. The topological polar surface area (TPSA) is 88.5 Å². The smallest absolute Gasteiger partial charge is 0.387 e. The van der Waals surface area contributed by atoms with Gasteiger partial charge in [-0.2, -0.15) is 8.78 Å². The van der Waals surface area contributed by atoms with Gasteiger partial charge in [-0.05, 0) is 50.2 Å². The van der Waals surface area contributed by atoms with Gasteiger partial charge in [-0.1, -0.05) is 6.92 Å². The van der Waals surface area contributed by atoms with E-state index < -0.39 is 24.1 Å². The molecule has 2 N–H and O–H groups in total. The molecule has 1 saturated carbocycles. The molecule has 1 unspecified atom stereocenters. The first-order valence-corrected chi connectivity index (χ1v) is 9.86. The number of benzene rings is 1. The molecule has 30 heavy (non-hydrogen) atoms. The van der Waals surface area contributed by atoms with Crippen LogP contribution in [0.5, 0.6) is 5.75 Å². The molecule has 2 aromatic rings. The van der Waals surface area contributed by atoms with Crippen molar-refractivity contribution in [1.29, 1.82) is 0 Å². The predicted molar refractivity (Wildman–Crippen MR) is 103 cm³/mol. The van der Waals surface area contributed by atoms with Gasteiger partial charge in [0.25, 0.3) is 5.91 Å². The summed E-state index contributed by atoms with van der Waals surface area (Å²) in [5.41, 5.74) is 0.451. The standard InChI is InChI=1S/C21H23F3N2O4/c1-2-15(20(28)29)11-3-5-14(6-4-11)26-19(27)13-7-12-8-16(22)18(30-21(23)24)9-17(12)25-10-13/h7-11,14-15,21H,2-6H2,1H3,(H,26,27)(H,28,29)/t11-,14-,15?. The summed E-state index contributed by atoms with van der Waals surface area (Å²) in [5.74, 6) is -2.97. The summed E-state index contributed by atoms with van der Waals surface area (Å²) in [5, 5.41) is 12.5. The number of carbonyl (C=O) groups excluding carboxylic acids is 1. The monoisotopic (exact) mass is 424 g/mol. The lowest BCUT2D eigenvalue weighted by molar-refractivity contribution is -0.144. The van der Waals surface area contributed by atoms with Crippen LogP contribution in [0.3, 0.4) is 0 Å². The van der Waals surface area contributed by atoms with Crippen molar-refractivity contribution in [3.8, 4) is 5.75 Å². The number of rotatable bonds is 7. The first-order valence-electron chi connectivity index (χ1n) is 9.86. The molecule has 1 aromatic carbocycles. The second-order valence-corrected chi connectivity index (χ2v) is 7.52. The number of ether oxygens (including phenoxy) is 1. The minimum absolute atomic E-state index is 0.0747. The van der Waals surface area contributed by atoms with Crippen LogP contribution in [0.1, 0.15) is 49.4 Å². The van der Waals surface area contributed by atoms with Gasteiger partial charge >= 0.3 is 12.6 Å². The van der Waals surface area contributed by atoms with Crippen LogP contribution < -0.4 is 10.1 Å². The van der Waals surface area contributed by atoms with Gasteiger partial charge in [0.1, 0.15) is 0 Å². The molecule has 1 amide bonds. The normalized spacial score (nSPS) is 20.2. The van der Waals surface area contributed by atoms with Crippen LogP contribution in [-0.4, -0.2) is 34.6 Å². The molecule has 1 aromatic heterocycles. The molecule has 162 valence electrons. The van der Waals surface area contributed by atoms with Crippen molar-refractivity contribution in [3.63, 3.8) is 0 Å². The number of carboxylic acid groups (broad SMARTS) is 1. The van der Waals surface area contributed by atoms with Crippen molar-refractivity contribution in [2.45, 2.75) is 51.7 Å². The number of amides is 1. The molecule has 9 heteroatoms. The van der Waals surface area contributed by atoms with Gasteiger partial charge in [-0.15, -0.1) is 0 Å². The minimum Gasteiger partial charge on any atom is -0.481 e. The third-order valence-electron chi connectivity index (χ3n) is 5.65. The van der Waals surface area contributed by atoms with Crippen LogP contribution >= 0.6 is 0 Å². The molecule has 1 aliphatic carbocycles. The molecule has 6 nitrogen and oxygen atoms in total. The number of nitrogens with zero attached hydrogens (tertiary/aromatic N) is 1. The van der Waals surface area contributed by atoms with Crippen LogP contribution in [0.15, 0.2) is 24.4 Å². The quantitative estimate of drug-likeness (QED) is 0.689. The highest BCUT2D eigenvalue weighted by Crippen LogP contribution is 2.32. The Hall–Kier alpha value is -2.84. The summed E-state index contributed by atoms with van der Waals surface area (Å²) in [4.78, 5) is 28.0. The highest BCUT2D eigenvalue weighted by molar-refractivity contribution is 5.97. The van der Waals surface area contributed by atoms with E-state index in [0.717, 1.165) is 25.0 Å². The first-order chi connectivity index (χ1) is 14.3. The van der Waals surface area contributed by atoms with Gasteiger partial charge in [0.15, 0.2) is 11.6 Å². The third-order valence-corrected chi connectivity index (χ3v) is 5.65. The van der Waals surface area contributed by atoms with Crippen LogP contribution in [0, 0.1) is 17.7 Å². The minimum atomic E-state index is -3.15. The van der Waals surface area contributed by atoms with E-state index in [0.29, 0.717) is 19.3 Å². The van der Waals surface area contributed by atoms with Crippen molar-refractivity contribution in [2.75, 3.05) is 0 Å². The number of aliphatic carboxylic acids is 1. The summed E-state index contributed by atoms with van der Waals surface area (Å²) in [6, 6.07) is 3.43. The summed E-state index contributed by atoms with van der Waals surface area (Å²) < 4.78 is 42.7. The van der Waals surface area contributed by atoms with Crippen LogP contribution in [0.4, 0.5) is 13.2 Å². The van der Waals surface area contributed by atoms with Crippen molar-refractivity contribution in [2.24, 2.45) is 11.8 Å². The number of hydrogen-bond donors (Lipinski definition) is 2. The highest BCUT2D eigenvalue weighted by Gasteiger charge is 2.31. The Bertz CT molecular complexity index is 930. The van der Waals surface area contributed by atoms with E-state index in [1.165, 1.54) is 12.3 Å². The average molecular weight is 424 g/mol. The molecule has 1 atom stereocenters. The van der Waals surface area contributed by atoms with Crippen LogP contribution in [0.2, 0.25) is 0 Å². The maximum Gasteiger partial charge on any atom is 0.387 e. The Labute approximate surface area is 171 Å². The number of fused-ring (bicyclic) bond motifs is 1. The zero-order valence-corrected chi connectivity index (χ0v) is 16.4. The Morgan fingerprint density at radius 3 is 2.53 bits per heavy atom. The lowest BCUT2D eigenvalue weighted by Crippen LogP contribution is -2.39. The van der Waals surface area contributed by atoms with Crippen LogP contribution in [0.25, 0.3) is 10.9 Å². The van der Waals surface area contributed by atoms with Crippen molar-refractivity contribution in [3.05, 3.63) is 35.8 Å². The molecule has 1 aliphatic rings. The molecule has 0 spiro atoms. The summed E-state index contributed by atoms with van der Waals surface area (Å²) >= 11 is 0. The van der Waals surface area contributed by atoms with E-state index in [9.17, 15) is 27.9 Å². The maximum absolute atomic E-state index is 13.9. The molecule has 1 heterocycles. The maximum atomic E-state index is 13.9. The van der Waals surface area contributed by atoms with E-state index >= 15 is 0 Å².